The third-order valence-corrected chi connectivity index (χ3v) is 4.41. The Balaban J connectivity index is 2.20. The number of anilines is 2. The van der Waals surface area contributed by atoms with Gasteiger partial charge in [0.05, 0.1) is 13.2 Å². The van der Waals surface area contributed by atoms with E-state index in [-0.39, 0.29) is 11.8 Å². The molecule has 1 heterocycles. The van der Waals surface area contributed by atoms with Gasteiger partial charge in [-0.3, -0.25) is 0 Å². The maximum Gasteiger partial charge on any atom is 0.421 e. The Labute approximate surface area is 176 Å². The van der Waals surface area contributed by atoms with Crippen molar-refractivity contribution in [2.75, 3.05) is 25.2 Å². The van der Waals surface area contributed by atoms with Crippen LogP contribution in [-0.2, 0) is 6.18 Å². The molecule has 0 saturated heterocycles. The minimum Gasteiger partial charge on any atom is -0.493 e. The first-order chi connectivity index (χ1) is 14.2. The summed E-state index contributed by atoms with van der Waals surface area (Å²) in [6.45, 7) is 7.12. The van der Waals surface area contributed by atoms with E-state index < -0.39 is 11.7 Å². The Kier molecular flexibility index (Phi) is 8.74. The second-order valence-electron chi connectivity index (χ2n) is 7.55. The molecule has 0 aliphatic rings. The molecule has 0 fully saturated rings. The highest BCUT2D eigenvalue weighted by Gasteiger charge is 2.36. The number of unbranched alkanes of at least 4 members (excludes halogenated alkanes) is 3. The highest BCUT2D eigenvalue weighted by Crippen LogP contribution is 2.38. The van der Waals surface area contributed by atoms with Gasteiger partial charge in [-0.15, -0.1) is 0 Å². The Hall–Kier alpha value is -2.51. The van der Waals surface area contributed by atoms with Crippen molar-refractivity contribution in [3.63, 3.8) is 0 Å². The molecule has 5 nitrogen and oxygen atoms in total. The van der Waals surface area contributed by atoms with E-state index in [9.17, 15) is 13.2 Å². The number of aromatic nitrogens is 2. The highest BCUT2D eigenvalue weighted by atomic mass is 19.4. The van der Waals surface area contributed by atoms with E-state index in [1.54, 1.807) is 24.3 Å². The average Bonchev–Trinajstić information content (AvgIpc) is 2.71. The second-order valence-corrected chi connectivity index (χ2v) is 7.55. The number of rotatable bonds is 11. The minimum absolute atomic E-state index is 0.0572. The summed E-state index contributed by atoms with van der Waals surface area (Å²) in [5.74, 6) is 0.788. The number of alkyl halides is 3. The van der Waals surface area contributed by atoms with Gasteiger partial charge in [-0.2, -0.15) is 18.2 Å². The van der Waals surface area contributed by atoms with E-state index in [2.05, 4.69) is 16.9 Å². The maximum atomic E-state index is 13.5. The van der Waals surface area contributed by atoms with Crippen molar-refractivity contribution in [1.29, 1.82) is 0 Å². The molecule has 0 amide bonds. The number of halogens is 3. The van der Waals surface area contributed by atoms with Gasteiger partial charge >= 0.3 is 12.2 Å². The van der Waals surface area contributed by atoms with E-state index >= 15 is 0 Å². The zero-order chi connectivity index (χ0) is 22.1. The third-order valence-electron chi connectivity index (χ3n) is 4.41. The summed E-state index contributed by atoms with van der Waals surface area (Å²) in [5, 5.41) is 0. The minimum atomic E-state index is -4.58. The molecule has 1 aromatic carbocycles. The molecule has 2 rings (SSSR count). The van der Waals surface area contributed by atoms with Crippen LogP contribution in [0.1, 0.15) is 52.0 Å². The monoisotopic (exact) mass is 425 g/mol. The summed E-state index contributed by atoms with van der Waals surface area (Å²) in [7, 11) is 1.53. The fourth-order valence-electron chi connectivity index (χ4n) is 2.73. The molecule has 8 heteroatoms. The molecule has 0 radical (unpaired) electrons. The Morgan fingerprint density at radius 1 is 1.03 bits per heavy atom. The fraction of sp³-hybridized carbons (Fsp3) is 0.545. The van der Waals surface area contributed by atoms with Gasteiger partial charge < -0.3 is 14.4 Å². The lowest BCUT2D eigenvalue weighted by atomic mass is 10.2. The van der Waals surface area contributed by atoms with Gasteiger partial charge in [-0.05, 0) is 36.6 Å². The van der Waals surface area contributed by atoms with Crippen LogP contribution < -0.4 is 14.4 Å². The number of nitrogens with zero attached hydrogens (tertiary/aromatic N) is 3. The fourth-order valence-corrected chi connectivity index (χ4v) is 2.73. The van der Waals surface area contributed by atoms with Gasteiger partial charge in [0, 0.05) is 18.9 Å². The van der Waals surface area contributed by atoms with Gasteiger partial charge in [0.2, 0.25) is 0 Å². The predicted octanol–water partition coefficient (Wildman–Crippen LogP) is 6.26. The van der Waals surface area contributed by atoms with Crippen LogP contribution in [0.3, 0.4) is 0 Å². The molecule has 0 saturated carbocycles. The average molecular weight is 425 g/mol. The van der Waals surface area contributed by atoms with Crippen molar-refractivity contribution in [3.05, 3.63) is 36.0 Å². The largest absolute Gasteiger partial charge is 0.493 e. The smallest absolute Gasteiger partial charge is 0.421 e. The van der Waals surface area contributed by atoms with Gasteiger partial charge in [0.15, 0.2) is 5.82 Å². The van der Waals surface area contributed by atoms with Crippen LogP contribution in [0.25, 0.3) is 0 Å². The molecule has 0 atom stereocenters. The standard InChI is InChI=1S/C22H30F3N3O2/c1-5-6-7-8-13-29-21-26-14-19(22(23,24)25)20(27-21)28(4)17-9-11-18(12-10-17)30-15-16(2)3/h9-12,14,16H,5-8,13,15H2,1-4H3. The number of ether oxygens (including phenoxy) is 2. The summed E-state index contributed by atoms with van der Waals surface area (Å²) < 4.78 is 51.7. The molecule has 0 aliphatic carbocycles. The molecular formula is C22H30F3N3O2. The summed E-state index contributed by atoms with van der Waals surface area (Å²) >= 11 is 0. The molecule has 0 bridgehead atoms. The van der Waals surface area contributed by atoms with Crippen LogP contribution in [-0.4, -0.2) is 30.2 Å². The summed E-state index contributed by atoms with van der Waals surface area (Å²) in [6, 6.07) is 6.80. The molecular weight excluding hydrogens is 395 g/mol. The molecule has 166 valence electrons. The zero-order valence-corrected chi connectivity index (χ0v) is 18.0. The summed E-state index contributed by atoms with van der Waals surface area (Å²) in [4.78, 5) is 9.19. The number of hydrogen-bond donors (Lipinski definition) is 0. The lowest BCUT2D eigenvalue weighted by Gasteiger charge is -2.23. The van der Waals surface area contributed by atoms with Gasteiger partial charge in [0.25, 0.3) is 0 Å². The van der Waals surface area contributed by atoms with Crippen LogP contribution in [0.2, 0.25) is 0 Å². The lowest BCUT2D eigenvalue weighted by Crippen LogP contribution is -2.19. The quantitative estimate of drug-likeness (QED) is 0.398. The number of benzene rings is 1. The molecule has 0 unspecified atom stereocenters. The van der Waals surface area contributed by atoms with Crippen LogP contribution in [0.15, 0.2) is 30.5 Å². The van der Waals surface area contributed by atoms with Crippen LogP contribution in [0.4, 0.5) is 24.7 Å². The Bertz CT molecular complexity index is 780. The Morgan fingerprint density at radius 3 is 2.33 bits per heavy atom. The van der Waals surface area contributed by atoms with Crippen molar-refractivity contribution in [2.45, 2.75) is 52.6 Å². The van der Waals surface area contributed by atoms with Crippen molar-refractivity contribution >= 4 is 11.5 Å². The molecule has 0 aliphatic heterocycles. The van der Waals surface area contributed by atoms with Gasteiger partial charge in [0.1, 0.15) is 11.3 Å². The second kappa shape index (κ2) is 11.0. The van der Waals surface area contributed by atoms with Crippen molar-refractivity contribution in [1.82, 2.24) is 9.97 Å². The first kappa shape index (κ1) is 23.8. The van der Waals surface area contributed by atoms with Crippen LogP contribution in [0, 0.1) is 5.92 Å². The van der Waals surface area contributed by atoms with Crippen molar-refractivity contribution < 1.29 is 22.6 Å². The van der Waals surface area contributed by atoms with Gasteiger partial charge in [-0.1, -0.05) is 40.0 Å². The highest BCUT2D eigenvalue weighted by molar-refractivity contribution is 5.63. The molecule has 0 spiro atoms. The molecule has 30 heavy (non-hydrogen) atoms. The van der Waals surface area contributed by atoms with Crippen LogP contribution >= 0.6 is 0 Å². The summed E-state index contributed by atoms with van der Waals surface area (Å²) in [5.41, 5.74) is -0.367. The van der Waals surface area contributed by atoms with Crippen molar-refractivity contribution in [3.8, 4) is 11.8 Å². The first-order valence-electron chi connectivity index (χ1n) is 10.3. The van der Waals surface area contributed by atoms with Gasteiger partial charge in [-0.25, -0.2) is 4.98 Å². The van der Waals surface area contributed by atoms with E-state index in [1.807, 2.05) is 13.8 Å². The zero-order valence-electron chi connectivity index (χ0n) is 18.0. The van der Waals surface area contributed by atoms with E-state index in [0.717, 1.165) is 31.9 Å². The SMILES string of the molecule is CCCCCCOc1ncc(C(F)(F)F)c(N(C)c2ccc(OCC(C)C)cc2)n1. The predicted molar refractivity (Wildman–Crippen MR) is 112 cm³/mol. The van der Waals surface area contributed by atoms with E-state index in [4.69, 9.17) is 9.47 Å². The van der Waals surface area contributed by atoms with E-state index in [1.165, 1.54) is 11.9 Å². The number of hydrogen-bond acceptors (Lipinski definition) is 5. The first-order valence-corrected chi connectivity index (χ1v) is 10.3. The third kappa shape index (κ3) is 7.07. The molecule has 1 aromatic heterocycles. The molecule has 2 aromatic rings. The van der Waals surface area contributed by atoms with Crippen LogP contribution in [0.5, 0.6) is 11.8 Å². The Morgan fingerprint density at radius 2 is 1.73 bits per heavy atom. The normalized spacial score (nSPS) is 11.6. The maximum absolute atomic E-state index is 13.5. The lowest BCUT2D eigenvalue weighted by molar-refractivity contribution is -0.137. The molecule has 0 N–H and O–H groups in total. The van der Waals surface area contributed by atoms with Crippen molar-refractivity contribution in [2.24, 2.45) is 5.92 Å². The van der Waals surface area contributed by atoms with E-state index in [0.29, 0.717) is 30.6 Å². The summed E-state index contributed by atoms with van der Waals surface area (Å²) in [6.07, 6.45) is 0.176. The topological polar surface area (TPSA) is 47.5 Å².